The minimum Gasteiger partial charge on any atom is -0.480 e. The monoisotopic (exact) mass is 461 g/mol. The number of nitrogens with zero attached hydrogens (tertiary/aromatic N) is 1. The number of aromatic nitrogens is 2. The van der Waals surface area contributed by atoms with Gasteiger partial charge in [0, 0.05) is 22.4 Å². The number of hydrogen-bond acceptors (Lipinski definition) is 3. The largest absolute Gasteiger partial charge is 0.480 e. The molecule has 0 spiro atoms. The van der Waals surface area contributed by atoms with Crippen LogP contribution in [0.3, 0.4) is 0 Å². The Morgan fingerprint density at radius 3 is 2.03 bits per heavy atom. The van der Waals surface area contributed by atoms with Crippen molar-refractivity contribution in [2.75, 3.05) is 11.9 Å². The standard InChI is InChI=1S/C29H23N3O2.CH4/c33-26(34)19-30-23-15-9-14-22(18-23)24-16-7-8-17-25(24)29-31-27(20-10-3-1-4-11-20)28(32-29)21-12-5-2-6-13-21;/h1-18,30H,19H2,(H,31,32)(H,33,34);1H4. The van der Waals surface area contributed by atoms with Crippen molar-refractivity contribution in [3.8, 4) is 45.0 Å². The number of carboxylic acid groups (broad SMARTS) is 1. The fourth-order valence-corrected chi connectivity index (χ4v) is 4.04. The van der Waals surface area contributed by atoms with Gasteiger partial charge < -0.3 is 15.4 Å². The Morgan fingerprint density at radius 1 is 0.743 bits per heavy atom. The molecular formula is C30H27N3O2. The Morgan fingerprint density at radius 2 is 1.34 bits per heavy atom. The lowest BCUT2D eigenvalue weighted by atomic mass is 9.99. The van der Waals surface area contributed by atoms with Crippen LogP contribution in [0.5, 0.6) is 0 Å². The molecule has 0 aliphatic carbocycles. The van der Waals surface area contributed by atoms with Crippen LogP contribution in [0, 0.1) is 0 Å². The third kappa shape index (κ3) is 5.14. The second kappa shape index (κ2) is 10.5. The summed E-state index contributed by atoms with van der Waals surface area (Å²) in [5.74, 6) is -0.125. The van der Waals surface area contributed by atoms with Crippen LogP contribution in [0.15, 0.2) is 109 Å². The molecule has 0 amide bonds. The number of H-pyrrole nitrogens is 1. The lowest BCUT2D eigenvalue weighted by molar-refractivity contribution is -0.134. The maximum atomic E-state index is 11.0. The molecule has 0 aliphatic heterocycles. The fourth-order valence-electron chi connectivity index (χ4n) is 4.04. The third-order valence-corrected chi connectivity index (χ3v) is 5.61. The van der Waals surface area contributed by atoms with Gasteiger partial charge in [-0.05, 0) is 23.3 Å². The third-order valence-electron chi connectivity index (χ3n) is 5.61. The molecule has 0 unspecified atom stereocenters. The van der Waals surface area contributed by atoms with Gasteiger partial charge in [0.2, 0.25) is 0 Å². The Balaban J connectivity index is 0.00000289. The molecule has 5 nitrogen and oxygen atoms in total. The van der Waals surface area contributed by atoms with Gasteiger partial charge in [0.05, 0.1) is 11.4 Å². The van der Waals surface area contributed by atoms with Gasteiger partial charge in [-0.3, -0.25) is 4.79 Å². The van der Waals surface area contributed by atoms with Gasteiger partial charge in [-0.15, -0.1) is 0 Å². The predicted molar refractivity (Wildman–Crippen MR) is 143 cm³/mol. The molecule has 5 rings (SSSR count). The molecule has 0 atom stereocenters. The molecule has 0 saturated heterocycles. The summed E-state index contributed by atoms with van der Waals surface area (Å²) in [6, 6.07) is 36.2. The van der Waals surface area contributed by atoms with E-state index in [2.05, 4.69) is 46.7 Å². The number of aromatic amines is 1. The molecule has 4 aromatic carbocycles. The highest BCUT2D eigenvalue weighted by molar-refractivity contribution is 5.86. The van der Waals surface area contributed by atoms with Crippen molar-refractivity contribution in [2.45, 2.75) is 7.43 Å². The van der Waals surface area contributed by atoms with E-state index in [4.69, 9.17) is 10.1 Å². The second-order valence-corrected chi connectivity index (χ2v) is 7.91. The number of benzene rings is 4. The van der Waals surface area contributed by atoms with Gasteiger partial charge in [-0.2, -0.15) is 0 Å². The lowest BCUT2D eigenvalue weighted by Crippen LogP contribution is -2.12. The van der Waals surface area contributed by atoms with Crippen LogP contribution in [-0.4, -0.2) is 27.6 Å². The van der Waals surface area contributed by atoms with Crippen molar-refractivity contribution in [3.05, 3.63) is 109 Å². The minimum absolute atomic E-state index is 0. The predicted octanol–water partition coefficient (Wildman–Crippen LogP) is 7.21. The summed E-state index contributed by atoms with van der Waals surface area (Å²) in [6.45, 7) is -0.135. The molecule has 0 bridgehead atoms. The molecule has 0 radical (unpaired) electrons. The first-order valence-electron chi connectivity index (χ1n) is 11.1. The summed E-state index contributed by atoms with van der Waals surface area (Å²) in [7, 11) is 0. The quantitative estimate of drug-likeness (QED) is 0.239. The minimum atomic E-state index is -0.900. The molecule has 0 saturated carbocycles. The SMILES string of the molecule is C.O=C(O)CNc1cccc(-c2ccccc2-c2nc(-c3ccccc3)c(-c3ccccc3)[nH]2)c1. The molecule has 3 N–H and O–H groups in total. The lowest BCUT2D eigenvalue weighted by Gasteiger charge is -2.10. The highest BCUT2D eigenvalue weighted by Crippen LogP contribution is 2.37. The van der Waals surface area contributed by atoms with Gasteiger partial charge in [0.25, 0.3) is 0 Å². The van der Waals surface area contributed by atoms with Crippen molar-refractivity contribution < 1.29 is 9.90 Å². The summed E-state index contributed by atoms with van der Waals surface area (Å²) in [4.78, 5) is 19.6. The smallest absolute Gasteiger partial charge is 0.322 e. The average molecular weight is 462 g/mol. The number of imidazole rings is 1. The van der Waals surface area contributed by atoms with Crippen molar-refractivity contribution >= 4 is 11.7 Å². The Kier molecular flexibility index (Phi) is 7.07. The van der Waals surface area contributed by atoms with Crippen molar-refractivity contribution in [1.29, 1.82) is 0 Å². The van der Waals surface area contributed by atoms with E-state index in [0.717, 1.165) is 50.7 Å². The van der Waals surface area contributed by atoms with Gasteiger partial charge in [0.15, 0.2) is 0 Å². The van der Waals surface area contributed by atoms with Gasteiger partial charge >= 0.3 is 5.97 Å². The Bertz CT molecular complexity index is 1370. The average Bonchev–Trinajstić information content (AvgIpc) is 3.34. The molecule has 0 fully saturated rings. The van der Waals surface area contributed by atoms with E-state index in [9.17, 15) is 4.79 Å². The van der Waals surface area contributed by atoms with Gasteiger partial charge in [-0.1, -0.05) is 104 Å². The maximum Gasteiger partial charge on any atom is 0.322 e. The molecule has 5 heteroatoms. The fraction of sp³-hybridized carbons (Fsp3) is 0.0667. The number of carbonyl (C=O) groups is 1. The summed E-state index contributed by atoms with van der Waals surface area (Å²) in [5.41, 5.74) is 7.68. The van der Waals surface area contributed by atoms with Crippen LogP contribution in [0.25, 0.3) is 45.0 Å². The first-order valence-corrected chi connectivity index (χ1v) is 11.1. The van der Waals surface area contributed by atoms with E-state index in [-0.39, 0.29) is 14.0 Å². The zero-order chi connectivity index (χ0) is 23.3. The molecular weight excluding hydrogens is 434 g/mol. The second-order valence-electron chi connectivity index (χ2n) is 7.91. The molecule has 1 heterocycles. The maximum absolute atomic E-state index is 11.0. The van der Waals surface area contributed by atoms with Crippen LogP contribution in [-0.2, 0) is 4.79 Å². The van der Waals surface area contributed by atoms with Crippen LogP contribution in [0.4, 0.5) is 5.69 Å². The summed E-state index contributed by atoms with van der Waals surface area (Å²) in [5, 5.41) is 11.9. The van der Waals surface area contributed by atoms with Crippen LogP contribution in [0.2, 0.25) is 0 Å². The van der Waals surface area contributed by atoms with E-state index >= 15 is 0 Å². The molecule has 1 aromatic heterocycles. The van der Waals surface area contributed by atoms with Crippen LogP contribution < -0.4 is 5.32 Å². The van der Waals surface area contributed by atoms with Crippen molar-refractivity contribution in [3.63, 3.8) is 0 Å². The molecule has 174 valence electrons. The highest BCUT2D eigenvalue weighted by atomic mass is 16.4. The molecule has 0 aliphatic rings. The van der Waals surface area contributed by atoms with Gasteiger partial charge in [0.1, 0.15) is 12.4 Å². The number of aliphatic carboxylic acids is 1. The van der Waals surface area contributed by atoms with Crippen LogP contribution >= 0.6 is 0 Å². The molecule has 5 aromatic rings. The van der Waals surface area contributed by atoms with Crippen molar-refractivity contribution in [2.24, 2.45) is 0 Å². The summed E-state index contributed by atoms with van der Waals surface area (Å²) >= 11 is 0. The molecule has 35 heavy (non-hydrogen) atoms. The zero-order valence-corrected chi connectivity index (χ0v) is 18.4. The van der Waals surface area contributed by atoms with E-state index in [1.165, 1.54) is 0 Å². The first kappa shape index (κ1) is 23.5. The summed E-state index contributed by atoms with van der Waals surface area (Å²) in [6.07, 6.45) is 0. The zero-order valence-electron chi connectivity index (χ0n) is 18.4. The van der Waals surface area contributed by atoms with Crippen LogP contribution in [0.1, 0.15) is 7.43 Å². The number of hydrogen-bond donors (Lipinski definition) is 3. The Labute approximate surface area is 205 Å². The first-order chi connectivity index (χ1) is 16.7. The van der Waals surface area contributed by atoms with E-state index in [0.29, 0.717) is 0 Å². The van der Waals surface area contributed by atoms with Crippen molar-refractivity contribution in [1.82, 2.24) is 9.97 Å². The van der Waals surface area contributed by atoms with Gasteiger partial charge in [-0.25, -0.2) is 4.98 Å². The summed E-state index contributed by atoms with van der Waals surface area (Å²) < 4.78 is 0. The van der Waals surface area contributed by atoms with E-state index < -0.39 is 5.97 Å². The Hall–Kier alpha value is -4.64. The number of carboxylic acids is 1. The topological polar surface area (TPSA) is 78.0 Å². The number of anilines is 1. The van der Waals surface area contributed by atoms with E-state index in [1.807, 2.05) is 72.8 Å². The highest BCUT2D eigenvalue weighted by Gasteiger charge is 2.17. The number of nitrogens with one attached hydrogen (secondary N) is 2. The normalized spacial score (nSPS) is 10.4. The van der Waals surface area contributed by atoms with E-state index in [1.54, 1.807) is 0 Å². The number of rotatable bonds is 7.